The predicted molar refractivity (Wildman–Crippen MR) is 125 cm³/mol. The second kappa shape index (κ2) is 11.7. The molecule has 0 aliphatic heterocycles. The van der Waals surface area contributed by atoms with Crippen LogP contribution in [0.5, 0.6) is 11.7 Å². The van der Waals surface area contributed by atoms with Crippen molar-refractivity contribution < 1.29 is 33.3 Å². The summed E-state index contributed by atoms with van der Waals surface area (Å²) < 4.78 is 22.1. The number of methoxy groups -OCH3 is 1. The summed E-state index contributed by atoms with van der Waals surface area (Å²) in [7, 11) is 1.51. The molecule has 180 valence electrons. The zero-order valence-corrected chi connectivity index (χ0v) is 19.4. The number of carbonyl (C=O) groups excluding carboxylic acids is 1. The van der Waals surface area contributed by atoms with E-state index in [1.807, 2.05) is 30.3 Å². The number of ether oxygens (including phenoxy) is 3. The largest absolute Gasteiger partial charge is 0.491 e. The molecule has 0 spiro atoms. The molecule has 0 fully saturated rings. The monoisotopic (exact) mass is 468 g/mol. The molecular formula is C25H28N2O7. The summed E-state index contributed by atoms with van der Waals surface area (Å²) >= 11 is 0. The molecule has 0 aliphatic rings. The van der Waals surface area contributed by atoms with Crippen LogP contribution in [0, 0.1) is 0 Å². The molecular weight excluding hydrogens is 440 g/mol. The van der Waals surface area contributed by atoms with Crippen LogP contribution in [0.3, 0.4) is 0 Å². The van der Waals surface area contributed by atoms with Gasteiger partial charge < -0.3 is 23.7 Å². The van der Waals surface area contributed by atoms with E-state index < -0.39 is 12.1 Å². The Bertz CT molecular complexity index is 1110. The van der Waals surface area contributed by atoms with Gasteiger partial charge in [0.15, 0.2) is 0 Å². The Morgan fingerprint density at radius 2 is 1.88 bits per heavy atom. The number of carbonyl (C=O) groups is 2. The van der Waals surface area contributed by atoms with Crippen molar-refractivity contribution in [3.8, 4) is 23.1 Å². The predicted octanol–water partition coefficient (Wildman–Crippen LogP) is 4.95. The molecule has 0 bridgehead atoms. The van der Waals surface area contributed by atoms with Crippen molar-refractivity contribution in [1.82, 2.24) is 4.98 Å². The average Bonchev–Trinajstić information content (AvgIpc) is 3.22. The number of aliphatic carboxylic acids is 1. The number of carboxylic acids is 1. The first kappa shape index (κ1) is 24.6. The molecule has 2 aromatic carbocycles. The first-order valence-corrected chi connectivity index (χ1v) is 10.9. The number of aromatic nitrogens is 1. The minimum absolute atomic E-state index is 0.0220. The van der Waals surface area contributed by atoms with Crippen LogP contribution >= 0.6 is 0 Å². The number of carboxylic acid groups (broad SMARTS) is 1. The highest BCUT2D eigenvalue weighted by Crippen LogP contribution is 2.29. The van der Waals surface area contributed by atoms with Crippen LogP contribution in [0.25, 0.3) is 11.5 Å². The standard InChI is InChI=1S/C25H28N2O7/c1-16(2)33-25(30)27-20-15-17(10-12-22(28)29)9-11-21(20)32-14-13-19-24(31-3)34-23(26-19)18-7-5-4-6-8-18/h4-9,11,15-16H,10,12-14H2,1-3H3,(H,27,30)(H,28,29). The van der Waals surface area contributed by atoms with E-state index in [0.717, 1.165) is 11.1 Å². The lowest BCUT2D eigenvalue weighted by molar-refractivity contribution is -0.136. The summed E-state index contributed by atoms with van der Waals surface area (Å²) in [5.41, 5.74) is 2.58. The molecule has 0 aliphatic carbocycles. The van der Waals surface area contributed by atoms with Gasteiger partial charge in [0.1, 0.15) is 11.4 Å². The second-order valence-electron chi connectivity index (χ2n) is 7.73. The van der Waals surface area contributed by atoms with Crippen molar-refractivity contribution >= 4 is 17.7 Å². The number of hydrogen-bond donors (Lipinski definition) is 2. The van der Waals surface area contributed by atoms with E-state index in [1.165, 1.54) is 7.11 Å². The molecule has 0 radical (unpaired) electrons. The van der Waals surface area contributed by atoms with Gasteiger partial charge in [0, 0.05) is 18.4 Å². The zero-order valence-electron chi connectivity index (χ0n) is 19.4. The molecule has 3 aromatic rings. The second-order valence-corrected chi connectivity index (χ2v) is 7.73. The van der Waals surface area contributed by atoms with Crippen molar-refractivity contribution in [3.63, 3.8) is 0 Å². The van der Waals surface area contributed by atoms with E-state index in [4.69, 9.17) is 23.7 Å². The van der Waals surface area contributed by atoms with Crippen molar-refractivity contribution in [3.05, 3.63) is 59.8 Å². The Hall–Kier alpha value is -4.01. The van der Waals surface area contributed by atoms with E-state index in [2.05, 4.69) is 10.3 Å². The number of hydrogen-bond acceptors (Lipinski definition) is 7. The number of amides is 1. The van der Waals surface area contributed by atoms with Crippen LogP contribution in [0.1, 0.15) is 31.5 Å². The average molecular weight is 469 g/mol. The highest BCUT2D eigenvalue weighted by atomic mass is 16.6. The van der Waals surface area contributed by atoms with Crippen LogP contribution in [0.15, 0.2) is 52.9 Å². The van der Waals surface area contributed by atoms with Gasteiger partial charge in [-0.15, -0.1) is 0 Å². The fraction of sp³-hybridized carbons (Fsp3) is 0.320. The van der Waals surface area contributed by atoms with Crippen molar-refractivity contribution in [2.45, 2.75) is 39.2 Å². The van der Waals surface area contributed by atoms with Gasteiger partial charge >= 0.3 is 18.0 Å². The summed E-state index contributed by atoms with van der Waals surface area (Å²) in [4.78, 5) is 27.6. The molecule has 3 rings (SSSR count). The molecule has 1 aromatic heterocycles. The third kappa shape index (κ3) is 6.99. The quantitative estimate of drug-likeness (QED) is 0.406. The van der Waals surface area contributed by atoms with Crippen molar-refractivity contribution in [2.75, 3.05) is 19.0 Å². The Morgan fingerprint density at radius 3 is 2.56 bits per heavy atom. The zero-order chi connectivity index (χ0) is 24.5. The molecule has 34 heavy (non-hydrogen) atoms. The lowest BCUT2D eigenvalue weighted by Crippen LogP contribution is -2.19. The third-order valence-electron chi connectivity index (χ3n) is 4.72. The van der Waals surface area contributed by atoms with Crippen LogP contribution in [-0.4, -0.2) is 42.0 Å². The van der Waals surface area contributed by atoms with E-state index in [-0.39, 0.29) is 19.1 Å². The van der Waals surface area contributed by atoms with Gasteiger partial charge in [-0.2, -0.15) is 0 Å². The maximum atomic E-state index is 12.1. The highest BCUT2D eigenvalue weighted by molar-refractivity contribution is 5.87. The fourth-order valence-corrected chi connectivity index (χ4v) is 3.18. The molecule has 0 unspecified atom stereocenters. The van der Waals surface area contributed by atoms with Crippen molar-refractivity contribution in [1.29, 1.82) is 0 Å². The molecule has 0 saturated carbocycles. The summed E-state index contributed by atoms with van der Waals surface area (Å²) in [6, 6.07) is 14.6. The number of benzene rings is 2. The highest BCUT2D eigenvalue weighted by Gasteiger charge is 2.17. The van der Waals surface area contributed by atoms with Gasteiger partial charge in [-0.3, -0.25) is 10.1 Å². The van der Waals surface area contributed by atoms with Gasteiger partial charge in [-0.25, -0.2) is 9.78 Å². The molecule has 1 heterocycles. The smallest absolute Gasteiger partial charge is 0.411 e. The van der Waals surface area contributed by atoms with Crippen LogP contribution < -0.4 is 14.8 Å². The normalized spacial score (nSPS) is 10.7. The Balaban J connectivity index is 1.72. The van der Waals surface area contributed by atoms with Gasteiger partial charge in [0.05, 0.1) is 25.5 Å². The number of nitrogens with zero attached hydrogens (tertiary/aromatic N) is 1. The molecule has 9 nitrogen and oxygen atoms in total. The van der Waals surface area contributed by atoms with Crippen LogP contribution in [-0.2, 0) is 22.4 Å². The van der Waals surface area contributed by atoms with E-state index >= 15 is 0 Å². The van der Waals surface area contributed by atoms with Gasteiger partial charge in [0.25, 0.3) is 0 Å². The van der Waals surface area contributed by atoms with Gasteiger partial charge in [-0.1, -0.05) is 24.3 Å². The van der Waals surface area contributed by atoms with Crippen LogP contribution in [0.2, 0.25) is 0 Å². The minimum atomic E-state index is -0.898. The number of aryl methyl sites for hydroxylation is 1. The summed E-state index contributed by atoms with van der Waals surface area (Å²) in [5, 5.41) is 11.6. The van der Waals surface area contributed by atoms with E-state index in [1.54, 1.807) is 32.0 Å². The number of anilines is 1. The van der Waals surface area contributed by atoms with E-state index in [0.29, 0.717) is 41.8 Å². The molecule has 9 heteroatoms. The lowest BCUT2D eigenvalue weighted by atomic mass is 10.1. The maximum absolute atomic E-state index is 12.1. The number of rotatable bonds is 11. The Labute approximate surface area is 197 Å². The van der Waals surface area contributed by atoms with E-state index in [9.17, 15) is 9.59 Å². The number of oxazole rings is 1. The SMILES string of the molecule is COc1oc(-c2ccccc2)nc1CCOc1ccc(CCC(=O)O)cc1NC(=O)OC(C)C. The topological polar surface area (TPSA) is 120 Å². The summed E-state index contributed by atoms with van der Waals surface area (Å²) in [5.74, 6) is 0.287. The summed E-state index contributed by atoms with van der Waals surface area (Å²) in [6.07, 6.45) is -0.219. The fourth-order valence-electron chi connectivity index (χ4n) is 3.18. The molecule has 1 amide bonds. The van der Waals surface area contributed by atoms with Crippen molar-refractivity contribution in [2.24, 2.45) is 0 Å². The molecule has 0 saturated heterocycles. The first-order chi connectivity index (χ1) is 16.4. The lowest BCUT2D eigenvalue weighted by Gasteiger charge is -2.15. The summed E-state index contributed by atoms with van der Waals surface area (Å²) in [6.45, 7) is 3.73. The Morgan fingerprint density at radius 1 is 1.12 bits per heavy atom. The third-order valence-corrected chi connectivity index (χ3v) is 4.72. The van der Waals surface area contributed by atoms with Crippen LogP contribution in [0.4, 0.5) is 10.5 Å². The molecule has 0 atom stereocenters. The van der Waals surface area contributed by atoms with Gasteiger partial charge in [-0.05, 0) is 50.1 Å². The Kier molecular flexibility index (Phi) is 8.50. The first-order valence-electron chi connectivity index (χ1n) is 10.9. The minimum Gasteiger partial charge on any atom is -0.491 e. The molecule has 2 N–H and O–H groups in total. The number of nitrogens with one attached hydrogen (secondary N) is 1. The maximum Gasteiger partial charge on any atom is 0.411 e. The van der Waals surface area contributed by atoms with Gasteiger partial charge in [0.2, 0.25) is 5.89 Å².